The van der Waals surface area contributed by atoms with Crippen LogP contribution in [0, 0.1) is 5.92 Å². The summed E-state index contributed by atoms with van der Waals surface area (Å²) in [7, 11) is -6.59. The predicted molar refractivity (Wildman–Crippen MR) is 91.8 cm³/mol. The smallest absolute Gasteiger partial charge is 0.397 e. The van der Waals surface area contributed by atoms with Gasteiger partial charge >= 0.3 is 16.4 Å². The highest BCUT2D eigenvalue weighted by atomic mass is 32.3. The third-order valence-electron chi connectivity index (χ3n) is 4.33. The van der Waals surface area contributed by atoms with Crippen molar-refractivity contribution in [1.82, 2.24) is 10.2 Å². The van der Waals surface area contributed by atoms with Crippen molar-refractivity contribution < 1.29 is 40.9 Å². The number of hydrogen-bond acceptors (Lipinski definition) is 7. The molecule has 2 rings (SSSR count). The third-order valence-corrected chi connectivity index (χ3v) is 6.45. The number of amides is 2. The van der Waals surface area contributed by atoms with Gasteiger partial charge in [0.05, 0.1) is 28.4 Å². The number of carboxylic acid groups (broad SMARTS) is 1. The van der Waals surface area contributed by atoms with E-state index < -0.39 is 56.3 Å². The molecule has 0 radical (unpaired) electrons. The molecule has 27 heavy (non-hydrogen) atoms. The van der Waals surface area contributed by atoms with Gasteiger partial charge in [0, 0.05) is 30.5 Å². The molecular weight excluding hydrogens is 404 g/mol. The summed E-state index contributed by atoms with van der Waals surface area (Å²) in [5.41, 5.74) is -2.02. The topological polar surface area (TPSA) is 167 Å². The van der Waals surface area contributed by atoms with E-state index in [0.29, 0.717) is 0 Å². The fourth-order valence-corrected chi connectivity index (χ4v) is 5.34. The molecule has 11 nitrogen and oxygen atoms in total. The number of carbonyl (C=O) groups excluding carboxylic acids is 2. The number of carboxylic acids is 1. The first-order chi connectivity index (χ1) is 12.3. The monoisotopic (exact) mass is 424 g/mol. The zero-order chi connectivity index (χ0) is 20.7. The van der Waals surface area contributed by atoms with Crippen LogP contribution >= 0.6 is 0 Å². The molecule has 0 spiro atoms. The highest BCUT2D eigenvalue weighted by Crippen LogP contribution is 2.48. The highest BCUT2D eigenvalue weighted by Gasteiger charge is 2.62. The van der Waals surface area contributed by atoms with E-state index in [1.165, 1.54) is 20.8 Å². The van der Waals surface area contributed by atoms with Gasteiger partial charge in [-0.05, 0) is 13.8 Å². The Balaban J connectivity index is 2.24. The van der Waals surface area contributed by atoms with Crippen LogP contribution in [0.15, 0.2) is 10.6 Å². The number of hydrogen-bond donors (Lipinski definition) is 3. The minimum absolute atomic E-state index is 0.0317. The van der Waals surface area contributed by atoms with Crippen molar-refractivity contribution in [1.29, 1.82) is 0 Å². The molecule has 3 atom stereocenters. The van der Waals surface area contributed by atoms with Crippen LogP contribution in [0.5, 0.6) is 0 Å². The van der Waals surface area contributed by atoms with Crippen LogP contribution in [0.4, 0.5) is 0 Å². The SMILES string of the molecule is CC(=O)NCC[S@@](=O)C1=C(C(=O)O)N2C(=O)[C@@H](C(C)(C)OS(=O)(=O)O)[C@H]2C1. The van der Waals surface area contributed by atoms with E-state index >= 15 is 0 Å². The summed E-state index contributed by atoms with van der Waals surface area (Å²) >= 11 is 0. The van der Waals surface area contributed by atoms with Gasteiger partial charge in [-0.2, -0.15) is 8.42 Å². The number of rotatable bonds is 8. The summed E-state index contributed by atoms with van der Waals surface area (Å²) < 4.78 is 48.0. The van der Waals surface area contributed by atoms with E-state index in [1.807, 2.05) is 0 Å². The molecule has 0 aromatic rings. The third kappa shape index (κ3) is 4.36. The molecule has 1 saturated heterocycles. The van der Waals surface area contributed by atoms with E-state index in [2.05, 4.69) is 9.50 Å². The quantitative estimate of drug-likeness (QED) is 0.327. The standard InChI is InChI=1S/C14H20N2O9S2/c1-7(17)15-4-5-26(21)9-6-8-10(14(2,3)25-27(22,23)24)12(18)16(8)11(9)13(19)20/h8,10H,4-6H2,1-3H3,(H,15,17)(H,19,20)(H,22,23,24)/t8-,10+,26-/m1/s1. The van der Waals surface area contributed by atoms with Gasteiger partial charge in [-0.25, -0.2) is 8.98 Å². The average Bonchev–Trinajstić information content (AvgIpc) is 2.78. The largest absolute Gasteiger partial charge is 0.477 e. The summed E-state index contributed by atoms with van der Waals surface area (Å²) in [4.78, 5) is 36.0. The molecule has 0 aromatic carbocycles. The Labute approximate surface area is 158 Å². The van der Waals surface area contributed by atoms with Crippen molar-refractivity contribution in [2.24, 2.45) is 5.92 Å². The Morgan fingerprint density at radius 1 is 1.41 bits per heavy atom. The molecule has 0 unspecified atom stereocenters. The first kappa shape index (κ1) is 21.5. The van der Waals surface area contributed by atoms with Crippen LogP contribution in [0.1, 0.15) is 27.2 Å². The normalized spacial score (nSPS) is 23.7. The van der Waals surface area contributed by atoms with Gasteiger partial charge < -0.3 is 15.3 Å². The number of fused-ring (bicyclic) bond motifs is 1. The van der Waals surface area contributed by atoms with Gasteiger partial charge in [0.25, 0.3) is 0 Å². The van der Waals surface area contributed by atoms with Crippen LogP contribution in [0.2, 0.25) is 0 Å². The highest BCUT2D eigenvalue weighted by molar-refractivity contribution is 7.89. The lowest BCUT2D eigenvalue weighted by Crippen LogP contribution is -2.66. The molecule has 2 amide bonds. The van der Waals surface area contributed by atoms with Crippen LogP contribution in [0.3, 0.4) is 0 Å². The Kier molecular flexibility index (Phi) is 5.80. The van der Waals surface area contributed by atoms with E-state index in [4.69, 9.17) is 4.55 Å². The second kappa shape index (κ2) is 7.30. The van der Waals surface area contributed by atoms with Crippen LogP contribution in [-0.4, -0.2) is 68.9 Å². The summed E-state index contributed by atoms with van der Waals surface area (Å²) in [5.74, 6) is -3.52. The van der Waals surface area contributed by atoms with E-state index in [0.717, 1.165) is 4.90 Å². The number of carbonyl (C=O) groups is 3. The number of nitrogens with one attached hydrogen (secondary N) is 1. The van der Waals surface area contributed by atoms with Gasteiger partial charge in [-0.15, -0.1) is 0 Å². The Morgan fingerprint density at radius 2 is 2.00 bits per heavy atom. The molecule has 152 valence electrons. The minimum Gasteiger partial charge on any atom is -0.477 e. The van der Waals surface area contributed by atoms with Gasteiger partial charge in [0.1, 0.15) is 5.70 Å². The fourth-order valence-electron chi connectivity index (χ4n) is 3.40. The minimum atomic E-state index is -4.84. The molecule has 2 aliphatic heterocycles. The summed E-state index contributed by atoms with van der Waals surface area (Å²) in [6.07, 6.45) is -0.0387. The van der Waals surface area contributed by atoms with Crippen LogP contribution in [0.25, 0.3) is 0 Å². The van der Waals surface area contributed by atoms with Crippen LogP contribution in [-0.2, 0) is 39.8 Å². The summed E-state index contributed by atoms with van der Waals surface area (Å²) in [6, 6.07) is -0.750. The average molecular weight is 424 g/mol. The zero-order valence-corrected chi connectivity index (χ0v) is 16.4. The lowest BCUT2D eigenvalue weighted by atomic mass is 9.76. The maximum atomic E-state index is 12.5. The fraction of sp³-hybridized carbons (Fsp3) is 0.643. The molecule has 0 aromatic heterocycles. The van der Waals surface area contributed by atoms with Crippen LogP contribution < -0.4 is 5.32 Å². The second-order valence-electron chi connectivity index (χ2n) is 6.68. The first-order valence-corrected chi connectivity index (χ1v) is 10.5. The maximum absolute atomic E-state index is 12.5. The van der Waals surface area contributed by atoms with E-state index in [1.54, 1.807) is 0 Å². The Hall–Kier alpha value is -1.83. The summed E-state index contributed by atoms with van der Waals surface area (Å²) in [5, 5.41) is 11.9. The molecule has 0 bridgehead atoms. The van der Waals surface area contributed by atoms with Gasteiger partial charge in [0.2, 0.25) is 11.8 Å². The predicted octanol–water partition coefficient (Wildman–Crippen LogP) is -1.00. The molecule has 0 aliphatic carbocycles. The van der Waals surface area contributed by atoms with Crippen molar-refractivity contribution >= 4 is 39.0 Å². The lowest BCUT2D eigenvalue weighted by molar-refractivity contribution is -0.166. The van der Waals surface area contributed by atoms with Crippen molar-refractivity contribution in [2.75, 3.05) is 12.3 Å². The first-order valence-electron chi connectivity index (χ1n) is 7.86. The number of aliphatic carboxylic acids is 1. The Bertz CT molecular complexity index is 847. The van der Waals surface area contributed by atoms with Crippen molar-refractivity contribution in [3.8, 4) is 0 Å². The molecule has 1 fully saturated rings. The number of nitrogens with zero attached hydrogens (tertiary/aromatic N) is 1. The molecule has 3 N–H and O–H groups in total. The van der Waals surface area contributed by atoms with E-state index in [9.17, 15) is 32.1 Å². The van der Waals surface area contributed by atoms with Gasteiger partial charge in [0.15, 0.2) is 0 Å². The summed E-state index contributed by atoms with van der Waals surface area (Å²) in [6.45, 7) is 3.92. The van der Waals surface area contributed by atoms with E-state index in [-0.39, 0.29) is 29.5 Å². The second-order valence-corrected chi connectivity index (χ2v) is 9.30. The van der Waals surface area contributed by atoms with Crippen molar-refractivity contribution in [3.05, 3.63) is 10.6 Å². The lowest BCUT2D eigenvalue weighted by Gasteiger charge is -2.49. The number of β-lactam (4-membered cyclic amide) rings is 1. The van der Waals surface area contributed by atoms with Crippen molar-refractivity contribution in [2.45, 2.75) is 38.8 Å². The molecular formula is C14H20N2O9S2. The molecule has 13 heteroatoms. The zero-order valence-electron chi connectivity index (χ0n) is 14.8. The van der Waals surface area contributed by atoms with Gasteiger partial charge in [-0.1, -0.05) is 0 Å². The molecule has 0 saturated carbocycles. The molecule has 2 aliphatic rings. The Morgan fingerprint density at radius 3 is 2.48 bits per heavy atom. The molecule has 2 heterocycles. The maximum Gasteiger partial charge on any atom is 0.397 e. The van der Waals surface area contributed by atoms with Crippen molar-refractivity contribution in [3.63, 3.8) is 0 Å². The van der Waals surface area contributed by atoms with Gasteiger partial charge in [-0.3, -0.25) is 18.4 Å².